The average Bonchev–Trinajstić information content (AvgIpc) is 2.53. The third-order valence-electron chi connectivity index (χ3n) is 4.35. The van der Waals surface area contributed by atoms with Crippen LogP contribution in [0.2, 0.25) is 0 Å². The lowest BCUT2D eigenvalue weighted by atomic mass is 10.0. The highest BCUT2D eigenvalue weighted by Crippen LogP contribution is 2.21. The largest absolute Gasteiger partial charge is 0.374 e. The molecule has 1 saturated heterocycles. The van der Waals surface area contributed by atoms with E-state index in [1.807, 2.05) is 4.90 Å². The van der Waals surface area contributed by atoms with Crippen LogP contribution in [-0.2, 0) is 9.53 Å². The van der Waals surface area contributed by atoms with E-state index in [-0.39, 0.29) is 12.0 Å². The van der Waals surface area contributed by atoms with Crippen molar-refractivity contribution in [2.75, 3.05) is 46.4 Å². The Balaban J connectivity index is 1.77. The second-order valence-corrected chi connectivity index (χ2v) is 6.37. The second kappa shape index (κ2) is 9.28. The monoisotopic (exact) mass is 309 g/mol. The summed E-state index contributed by atoms with van der Waals surface area (Å²) in [5.74, 6) is 0.194. The Bertz CT molecular complexity index is 384. The van der Waals surface area contributed by atoms with Crippen LogP contribution >= 0.6 is 0 Å². The molecule has 1 N–H and O–H groups in total. The Morgan fingerprint density at radius 1 is 1.50 bits per heavy atom. The lowest BCUT2D eigenvalue weighted by Crippen LogP contribution is -2.47. The minimum absolute atomic E-state index is 0.194. The van der Waals surface area contributed by atoms with Crippen molar-refractivity contribution in [1.29, 1.82) is 0 Å². The van der Waals surface area contributed by atoms with Gasteiger partial charge in [0.15, 0.2) is 0 Å². The van der Waals surface area contributed by atoms with Gasteiger partial charge < -0.3 is 19.9 Å². The fourth-order valence-electron chi connectivity index (χ4n) is 3.14. The number of likely N-dealkylation sites (N-methyl/N-ethyl adjacent to an activating group) is 1. The highest BCUT2D eigenvalue weighted by Gasteiger charge is 2.20. The molecule has 22 heavy (non-hydrogen) atoms. The van der Waals surface area contributed by atoms with Gasteiger partial charge in [-0.25, -0.2) is 0 Å². The number of carbonyl (C=O) groups excluding carboxylic acids is 1. The number of ether oxygens (including phenoxy) is 1. The molecule has 1 atom stereocenters. The molecule has 1 heterocycles. The zero-order valence-corrected chi connectivity index (χ0v) is 14.1. The van der Waals surface area contributed by atoms with Gasteiger partial charge in [0.05, 0.1) is 19.3 Å². The van der Waals surface area contributed by atoms with E-state index in [1.54, 1.807) is 0 Å². The standard InChI is InChI=1S/C17H31N3O2/c1-3-9-20(15-7-5-4-6-8-15)17(21)13-18-12-16-14-19(2)10-11-22-16/h7,16,18H,3-6,8-14H2,1-2H3/t16-/m0/s1. The van der Waals surface area contributed by atoms with Crippen LogP contribution in [0.15, 0.2) is 11.8 Å². The third-order valence-corrected chi connectivity index (χ3v) is 4.35. The molecule has 0 unspecified atom stereocenters. The Morgan fingerprint density at radius 3 is 3.05 bits per heavy atom. The van der Waals surface area contributed by atoms with E-state index in [2.05, 4.69) is 30.3 Å². The van der Waals surface area contributed by atoms with Gasteiger partial charge in [-0.1, -0.05) is 13.0 Å². The van der Waals surface area contributed by atoms with Crippen LogP contribution in [0.25, 0.3) is 0 Å². The van der Waals surface area contributed by atoms with Gasteiger partial charge in [-0.05, 0) is 39.2 Å². The Hall–Kier alpha value is -0.910. The van der Waals surface area contributed by atoms with Gasteiger partial charge in [0.2, 0.25) is 5.91 Å². The fraction of sp³-hybridized carbons (Fsp3) is 0.824. The summed E-state index contributed by atoms with van der Waals surface area (Å²) < 4.78 is 5.71. The first kappa shape index (κ1) is 17.4. The quantitative estimate of drug-likeness (QED) is 0.776. The van der Waals surface area contributed by atoms with E-state index in [0.717, 1.165) is 52.0 Å². The number of nitrogens with one attached hydrogen (secondary N) is 1. The summed E-state index contributed by atoms with van der Waals surface area (Å²) in [6.07, 6.45) is 8.05. The van der Waals surface area contributed by atoms with Crippen LogP contribution in [0.1, 0.15) is 39.0 Å². The molecule has 5 nitrogen and oxygen atoms in total. The third kappa shape index (κ3) is 5.38. The van der Waals surface area contributed by atoms with E-state index in [0.29, 0.717) is 6.54 Å². The molecule has 5 heteroatoms. The number of morpholine rings is 1. The van der Waals surface area contributed by atoms with Crippen molar-refractivity contribution >= 4 is 5.91 Å². The molecule has 0 spiro atoms. The summed E-state index contributed by atoms with van der Waals surface area (Å²) in [4.78, 5) is 16.8. The molecule has 2 aliphatic rings. The Labute approximate surface area is 134 Å². The maximum absolute atomic E-state index is 12.5. The van der Waals surface area contributed by atoms with Crippen LogP contribution in [-0.4, -0.2) is 68.2 Å². The lowest BCUT2D eigenvalue weighted by molar-refractivity contribution is -0.128. The van der Waals surface area contributed by atoms with Crippen molar-refractivity contribution in [1.82, 2.24) is 15.1 Å². The van der Waals surface area contributed by atoms with Gasteiger partial charge in [-0.2, -0.15) is 0 Å². The topological polar surface area (TPSA) is 44.8 Å². The van der Waals surface area contributed by atoms with E-state index >= 15 is 0 Å². The Morgan fingerprint density at radius 2 is 2.36 bits per heavy atom. The maximum atomic E-state index is 12.5. The van der Waals surface area contributed by atoms with Gasteiger partial charge in [-0.15, -0.1) is 0 Å². The molecule has 0 saturated carbocycles. The highest BCUT2D eigenvalue weighted by atomic mass is 16.5. The second-order valence-electron chi connectivity index (χ2n) is 6.37. The molecular weight excluding hydrogens is 278 g/mol. The molecule has 1 aliphatic heterocycles. The molecule has 0 aromatic heterocycles. The number of rotatable bonds is 7. The smallest absolute Gasteiger partial charge is 0.240 e. The van der Waals surface area contributed by atoms with Crippen molar-refractivity contribution in [2.45, 2.75) is 45.1 Å². The van der Waals surface area contributed by atoms with E-state index in [9.17, 15) is 4.79 Å². The molecule has 1 fully saturated rings. The van der Waals surface area contributed by atoms with Gasteiger partial charge in [0.1, 0.15) is 0 Å². The average molecular weight is 309 g/mol. The van der Waals surface area contributed by atoms with Crippen LogP contribution in [0.4, 0.5) is 0 Å². The summed E-state index contributed by atoms with van der Waals surface area (Å²) in [5, 5.41) is 3.28. The maximum Gasteiger partial charge on any atom is 0.240 e. The zero-order valence-electron chi connectivity index (χ0n) is 14.1. The summed E-state index contributed by atoms with van der Waals surface area (Å²) in [5.41, 5.74) is 1.23. The Kier molecular flexibility index (Phi) is 7.36. The van der Waals surface area contributed by atoms with Crippen molar-refractivity contribution < 1.29 is 9.53 Å². The van der Waals surface area contributed by atoms with Crippen molar-refractivity contribution in [3.05, 3.63) is 11.8 Å². The lowest BCUT2D eigenvalue weighted by Gasteiger charge is -2.31. The van der Waals surface area contributed by atoms with Crippen molar-refractivity contribution in [3.63, 3.8) is 0 Å². The molecular formula is C17H31N3O2. The van der Waals surface area contributed by atoms with Gasteiger partial charge >= 0.3 is 0 Å². The van der Waals surface area contributed by atoms with Crippen LogP contribution in [0.3, 0.4) is 0 Å². The fourth-order valence-corrected chi connectivity index (χ4v) is 3.14. The first-order chi connectivity index (χ1) is 10.7. The summed E-state index contributed by atoms with van der Waals surface area (Å²) in [7, 11) is 2.11. The minimum atomic E-state index is 0.194. The van der Waals surface area contributed by atoms with Crippen molar-refractivity contribution in [2.24, 2.45) is 0 Å². The minimum Gasteiger partial charge on any atom is -0.374 e. The molecule has 126 valence electrons. The van der Waals surface area contributed by atoms with E-state index in [1.165, 1.54) is 18.5 Å². The molecule has 0 radical (unpaired) electrons. The predicted octanol–water partition coefficient (Wildman–Crippen LogP) is 1.60. The molecule has 1 aliphatic carbocycles. The molecule has 1 amide bonds. The zero-order chi connectivity index (χ0) is 15.8. The molecule has 0 aromatic carbocycles. The number of hydrogen-bond acceptors (Lipinski definition) is 4. The first-order valence-corrected chi connectivity index (χ1v) is 8.71. The predicted molar refractivity (Wildman–Crippen MR) is 88.7 cm³/mol. The van der Waals surface area contributed by atoms with Gasteiger partial charge in [0, 0.05) is 31.9 Å². The van der Waals surface area contributed by atoms with E-state index < -0.39 is 0 Å². The number of nitrogens with zero attached hydrogens (tertiary/aromatic N) is 2. The summed E-state index contributed by atoms with van der Waals surface area (Å²) >= 11 is 0. The number of allylic oxidation sites excluding steroid dienone is 2. The summed E-state index contributed by atoms with van der Waals surface area (Å²) in [6.45, 7) is 6.82. The number of amides is 1. The van der Waals surface area contributed by atoms with Gasteiger partial charge in [-0.3, -0.25) is 4.79 Å². The van der Waals surface area contributed by atoms with Gasteiger partial charge in [0.25, 0.3) is 0 Å². The highest BCUT2D eigenvalue weighted by molar-refractivity contribution is 5.80. The molecule has 2 rings (SSSR count). The van der Waals surface area contributed by atoms with E-state index in [4.69, 9.17) is 4.74 Å². The summed E-state index contributed by atoms with van der Waals surface area (Å²) in [6, 6.07) is 0. The number of carbonyl (C=O) groups is 1. The van der Waals surface area contributed by atoms with Crippen LogP contribution in [0, 0.1) is 0 Å². The van der Waals surface area contributed by atoms with Crippen LogP contribution < -0.4 is 5.32 Å². The normalized spacial score (nSPS) is 23.2. The first-order valence-electron chi connectivity index (χ1n) is 8.71. The SMILES string of the molecule is CCCN(C(=O)CNC[C@H]1CN(C)CCO1)C1=CCCCC1. The van der Waals surface area contributed by atoms with Crippen LogP contribution in [0.5, 0.6) is 0 Å². The van der Waals surface area contributed by atoms with Crippen molar-refractivity contribution in [3.8, 4) is 0 Å². The molecule has 0 bridgehead atoms. The number of hydrogen-bond donors (Lipinski definition) is 1. The molecule has 0 aromatic rings.